The van der Waals surface area contributed by atoms with Crippen LogP contribution < -0.4 is 5.32 Å². The van der Waals surface area contributed by atoms with Gasteiger partial charge in [-0.3, -0.25) is 4.99 Å². The predicted molar refractivity (Wildman–Crippen MR) is 88.2 cm³/mol. The highest BCUT2D eigenvalue weighted by Gasteiger charge is 2.36. The number of nitriles is 1. The fraction of sp³-hybridized carbons (Fsp3) is 0.467. The monoisotopic (exact) mass is 349 g/mol. The number of nitrogens with zero attached hydrogens (tertiary/aromatic N) is 2. The van der Waals surface area contributed by atoms with Crippen LogP contribution in [0.2, 0.25) is 0 Å². The van der Waals surface area contributed by atoms with E-state index in [1.54, 1.807) is 0 Å². The standard InChI is InChI=1S/C15H16BrN3S/c16-12-8-11(9-17)4-5-13(12)18-14-19-15(10-20-14)6-2-1-3-7-15/h4-5,8H,1-3,6-7,10H2,(H,18,19). The zero-order valence-electron chi connectivity index (χ0n) is 11.2. The maximum Gasteiger partial charge on any atom is 0.161 e. The summed E-state index contributed by atoms with van der Waals surface area (Å²) in [6.07, 6.45) is 6.40. The van der Waals surface area contributed by atoms with Gasteiger partial charge in [0.15, 0.2) is 5.17 Å². The topological polar surface area (TPSA) is 48.2 Å². The molecule has 1 saturated carbocycles. The summed E-state index contributed by atoms with van der Waals surface area (Å²) in [6.45, 7) is 0. The van der Waals surface area contributed by atoms with Crippen molar-refractivity contribution in [2.24, 2.45) is 4.99 Å². The number of thioether (sulfide) groups is 1. The molecule has 1 aliphatic carbocycles. The van der Waals surface area contributed by atoms with E-state index in [0.717, 1.165) is 21.1 Å². The van der Waals surface area contributed by atoms with Crippen molar-refractivity contribution < 1.29 is 0 Å². The molecule has 3 rings (SSSR count). The van der Waals surface area contributed by atoms with Gasteiger partial charge in [-0.05, 0) is 47.0 Å². The highest BCUT2D eigenvalue weighted by molar-refractivity contribution is 9.10. The second-order valence-corrected chi connectivity index (χ2v) is 7.24. The van der Waals surface area contributed by atoms with Gasteiger partial charge in [-0.1, -0.05) is 31.0 Å². The molecule has 3 nitrogen and oxygen atoms in total. The minimum Gasteiger partial charge on any atom is -0.334 e. The fourth-order valence-electron chi connectivity index (χ4n) is 2.81. The normalized spacial score (nSPS) is 20.5. The highest BCUT2D eigenvalue weighted by atomic mass is 79.9. The molecule has 1 aliphatic heterocycles. The largest absolute Gasteiger partial charge is 0.334 e. The first-order valence-corrected chi connectivity index (χ1v) is 8.68. The second kappa shape index (κ2) is 5.79. The van der Waals surface area contributed by atoms with Gasteiger partial charge in [-0.15, -0.1) is 0 Å². The lowest BCUT2D eigenvalue weighted by Gasteiger charge is -2.29. The molecule has 0 unspecified atom stereocenters. The molecule has 20 heavy (non-hydrogen) atoms. The van der Waals surface area contributed by atoms with Crippen molar-refractivity contribution in [3.05, 3.63) is 28.2 Å². The number of rotatable bonds is 1. The first-order chi connectivity index (χ1) is 9.71. The molecule has 1 aromatic rings. The lowest BCUT2D eigenvalue weighted by Crippen LogP contribution is -2.29. The molecule has 2 aliphatic rings. The summed E-state index contributed by atoms with van der Waals surface area (Å²) >= 11 is 5.32. The van der Waals surface area contributed by atoms with Crippen molar-refractivity contribution >= 4 is 38.5 Å². The van der Waals surface area contributed by atoms with E-state index in [0.29, 0.717) is 5.56 Å². The van der Waals surface area contributed by atoms with Gasteiger partial charge >= 0.3 is 0 Å². The van der Waals surface area contributed by atoms with E-state index in [1.807, 2.05) is 30.0 Å². The Labute approximate surface area is 132 Å². The molecular weight excluding hydrogens is 334 g/mol. The Kier molecular flexibility index (Phi) is 4.04. The van der Waals surface area contributed by atoms with Crippen molar-refractivity contribution in [1.82, 2.24) is 0 Å². The molecule has 0 aromatic heterocycles. The summed E-state index contributed by atoms with van der Waals surface area (Å²) < 4.78 is 0.907. The minimum absolute atomic E-state index is 0.185. The maximum absolute atomic E-state index is 8.88. The molecule has 1 spiro atoms. The van der Waals surface area contributed by atoms with E-state index in [2.05, 4.69) is 27.3 Å². The first-order valence-electron chi connectivity index (χ1n) is 6.90. The van der Waals surface area contributed by atoms with E-state index in [1.165, 1.54) is 32.1 Å². The molecule has 1 heterocycles. The van der Waals surface area contributed by atoms with E-state index in [-0.39, 0.29) is 5.54 Å². The molecule has 104 valence electrons. The van der Waals surface area contributed by atoms with Crippen molar-refractivity contribution in [2.45, 2.75) is 37.6 Å². The van der Waals surface area contributed by atoms with Gasteiger partial charge in [-0.25, -0.2) is 0 Å². The molecule has 0 radical (unpaired) electrons. The lowest BCUT2D eigenvalue weighted by molar-refractivity contribution is 0.335. The van der Waals surface area contributed by atoms with E-state index in [9.17, 15) is 0 Å². The maximum atomic E-state index is 8.88. The zero-order valence-corrected chi connectivity index (χ0v) is 13.6. The molecule has 0 atom stereocenters. The summed E-state index contributed by atoms with van der Waals surface area (Å²) in [5.74, 6) is 1.10. The SMILES string of the molecule is N#Cc1ccc(NC2=NC3(CCCCC3)CS2)c(Br)c1. The predicted octanol–water partition coefficient (Wildman–Crippen LogP) is 4.54. The third-order valence-corrected chi connectivity index (χ3v) is 5.74. The zero-order chi connectivity index (χ0) is 14.0. The molecule has 5 heteroatoms. The summed E-state index contributed by atoms with van der Waals surface area (Å²) in [4.78, 5) is 4.94. The van der Waals surface area contributed by atoms with Crippen molar-refractivity contribution in [3.8, 4) is 6.07 Å². The third kappa shape index (κ3) is 2.87. The van der Waals surface area contributed by atoms with Gasteiger partial charge in [0.25, 0.3) is 0 Å². The summed E-state index contributed by atoms with van der Waals surface area (Å²) in [5, 5.41) is 13.3. The quantitative estimate of drug-likeness (QED) is 0.809. The summed E-state index contributed by atoms with van der Waals surface area (Å²) in [5.41, 5.74) is 1.82. The molecular formula is C15H16BrN3S. The van der Waals surface area contributed by atoms with Crippen LogP contribution in [0.4, 0.5) is 5.69 Å². The average Bonchev–Trinajstić information content (AvgIpc) is 2.84. The Morgan fingerprint density at radius 2 is 2.10 bits per heavy atom. The Hall–Kier alpha value is -0.990. The van der Waals surface area contributed by atoms with Crippen LogP contribution >= 0.6 is 27.7 Å². The Morgan fingerprint density at radius 3 is 2.80 bits per heavy atom. The van der Waals surface area contributed by atoms with Crippen LogP contribution in [-0.4, -0.2) is 16.5 Å². The molecule has 0 amide bonds. The number of hydrogen-bond donors (Lipinski definition) is 1. The van der Waals surface area contributed by atoms with Gasteiger partial charge in [-0.2, -0.15) is 5.26 Å². The van der Waals surface area contributed by atoms with Crippen LogP contribution in [0.3, 0.4) is 0 Å². The van der Waals surface area contributed by atoms with Crippen molar-refractivity contribution in [2.75, 3.05) is 11.1 Å². The van der Waals surface area contributed by atoms with E-state index < -0.39 is 0 Å². The van der Waals surface area contributed by atoms with Crippen LogP contribution in [0, 0.1) is 11.3 Å². The van der Waals surface area contributed by atoms with Crippen LogP contribution in [0.15, 0.2) is 27.7 Å². The number of nitrogens with one attached hydrogen (secondary N) is 1. The van der Waals surface area contributed by atoms with Crippen molar-refractivity contribution in [1.29, 1.82) is 5.26 Å². The molecule has 1 aromatic carbocycles. The van der Waals surface area contributed by atoms with Crippen LogP contribution in [0.5, 0.6) is 0 Å². The lowest BCUT2D eigenvalue weighted by atomic mass is 9.84. The smallest absolute Gasteiger partial charge is 0.161 e. The van der Waals surface area contributed by atoms with Gasteiger partial charge in [0, 0.05) is 10.2 Å². The van der Waals surface area contributed by atoms with Crippen molar-refractivity contribution in [3.63, 3.8) is 0 Å². The number of amidine groups is 1. The number of hydrogen-bond acceptors (Lipinski definition) is 4. The van der Waals surface area contributed by atoms with Crippen LogP contribution in [0.1, 0.15) is 37.7 Å². The van der Waals surface area contributed by atoms with E-state index in [4.69, 9.17) is 10.3 Å². The Morgan fingerprint density at radius 1 is 1.30 bits per heavy atom. The summed E-state index contributed by atoms with van der Waals surface area (Å²) in [6, 6.07) is 7.73. The van der Waals surface area contributed by atoms with Gasteiger partial charge in [0.1, 0.15) is 0 Å². The Bertz CT molecular complexity index is 585. The third-order valence-electron chi connectivity index (χ3n) is 3.94. The minimum atomic E-state index is 0.185. The van der Waals surface area contributed by atoms with Crippen LogP contribution in [-0.2, 0) is 0 Å². The average molecular weight is 350 g/mol. The molecule has 0 bridgehead atoms. The van der Waals surface area contributed by atoms with Crippen LogP contribution in [0.25, 0.3) is 0 Å². The number of anilines is 1. The first kappa shape index (κ1) is 14.0. The van der Waals surface area contributed by atoms with Gasteiger partial charge < -0.3 is 5.32 Å². The van der Waals surface area contributed by atoms with Gasteiger partial charge in [0.05, 0.1) is 22.9 Å². The summed E-state index contributed by atoms with van der Waals surface area (Å²) in [7, 11) is 0. The van der Waals surface area contributed by atoms with E-state index >= 15 is 0 Å². The Balaban J connectivity index is 1.75. The molecule has 1 N–H and O–H groups in total. The van der Waals surface area contributed by atoms with Gasteiger partial charge in [0.2, 0.25) is 0 Å². The number of benzene rings is 1. The fourth-order valence-corrected chi connectivity index (χ4v) is 4.49. The molecule has 0 saturated heterocycles. The number of halogens is 1. The molecule has 1 fully saturated rings. The number of aliphatic imine (C=N–C) groups is 1. The second-order valence-electron chi connectivity index (χ2n) is 5.42. The highest BCUT2D eigenvalue weighted by Crippen LogP contribution is 2.40.